The molecule has 0 atom stereocenters. The normalized spacial score (nSPS) is 12.5. The summed E-state index contributed by atoms with van der Waals surface area (Å²) in [4.78, 5) is 0. The number of nitrogens with zero attached hydrogens (tertiary/aromatic N) is 1. The highest BCUT2D eigenvalue weighted by atomic mass is 16.5. The Labute approximate surface area is 140 Å². The van der Waals surface area contributed by atoms with Crippen molar-refractivity contribution >= 4 is 21.7 Å². The molecular formula is C21H18NO2+. The van der Waals surface area contributed by atoms with Crippen molar-refractivity contribution in [2.24, 2.45) is 7.05 Å². The molecule has 24 heavy (non-hydrogen) atoms. The monoisotopic (exact) mass is 316 g/mol. The molecule has 0 N–H and O–H groups in total. The Morgan fingerprint density at radius 2 is 1.88 bits per heavy atom. The SMILES string of the molecule is Cc1cc2c3c(c(C)c(C)cc3c1)-c1c(c3ccoc3c[n+]1C)O2. The quantitative estimate of drug-likeness (QED) is 0.371. The second-order valence-corrected chi connectivity index (χ2v) is 6.77. The van der Waals surface area contributed by atoms with Crippen molar-refractivity contribution in [1.29, 1.82) is 0 Å². The van der Waals surface area contributed by atoms with E-state index in [9.17, 15) is 0 Å². The molecule has 3 nitrogen and oxygen atoms in total. The van der Waals surface area contributed by atoms with E-state index in [1.807, 2.05) is 12.3 Å². The van der Waals surface area contributed by atoms with E-state index in [1.54, 1.807) is 6.26 Å². The molecule has 0 aliphatic carbocycles. The van der Waals surface area contributed by atoms with E-state index in [-0.39, 0.29) is 0 Å². The summed E-state index contributed by atoms with van der Waals surface area (Å²) in [6.07, 6.45) is 3.75. The number of benzene rings is 2. The molecule has 4 aromatic rings. The number of pyridine rings is 1. The van der Waals surface area contributed by atoms with Gasteiger partial charge in [0.15, 0.2) is 0 Å². The molecule has 0 saturated carbocycles. The molecule has 3 heteroatoms. The Bertz CT molecular complexity index is 1170. The third-order valence-corrected chi connectivity index (χ3v) is 5.13. The number of aromatic nitrogens is 1. The predicted molar refractivity (Wildman–Crippen MR) is 94.6 cm³/mol. The Balaban J connectivity index is 2.06. The Morgan fingerprint density at radius 1 is 1.04 bits per heavy atom. The number of ether oxygens (including phenoxy) is 1. The number of furan rings is 1. The van der Waals surface area contributed by atoms with Crippen molar-refractivity contribution in [2.75, 3.05) is 0 Å². The lowest BCUT2D eigenvalue weighted by Crippen LogP contribution is -2.32. The fraction of sp³-hybridized carbons (Fsp3) is 0.190. The molecule has 0 bridgehead atoms. The minimum absolute atomic E-state index is 0.842. The fourth-order valence-electron chi connectivity index (χ4n) is 3.90. The summed E-state index contributed by atoms with van der Waals surface area (Å²) >= 11 is 0. The fourth-order valence-corrected chi connectivity index (χ4v) is 3.90. The zero-order valence-electron chi connectivity index (χ0n) is 14.2. The predicted octanol–water partition coefficient (Wildman–Crippen LogP) is 5.11. The maximum atomic E-state index is 6.40. The first-order valence-electron chi connectivity index (χ1n) is 8.17. The topological polar surface area (TPSA) is 26.2 Å². The third-order valence-electron chi connectivity index (χ3n) is 5.13. The van der Waals surface area contributed by atoms with Crippen molar-refractivity contribution in [2.45, 2.75) is 20.8 Å². The van der Waals surface area contributed by atoms with Crippen LogP contribution in [0.3, 0.4) is 0 Å². The molecule has 0 fully saturated rings. The Kier molecular flexibility index (Phi) is 2.49. The first-order valence-corrected chi connectivity index (χ1v) is 8.17. The van der Waals surface area contributed by atoms with Crippen molar-refractivity contribution < 1.29 is 13.7 Å². The van der Waals surface area contributed by atoms with Gasteiger partial charge in [-0.25, -0.2) is 0 Å². The number of aryl methyl sites for hydroxylation is 3. The number of hydrogen-bond donors (Lipinski definition) is 0. The van der Waals surface area contributed by atoms with E-state index in [0.717, 1.165) is 28.2 Å². The van der Waals surface area contributed by atoms with E-state index in [1.165, 1.54) is 33.0 Å². The van der Waals surface area contributed by atoms with Gasteiger partial charge in [0.1, 0.15) is 12.8 Å². The van der Waals surface area contributed by atoms with Crippen LogP contribution in [0.2, 0.25) is 0 Å². The van der Waals surface area contributed by atoms with Gasteiger partial charge in [-0.3, -0.25) is 0 Å². The lowest BCUT2D eigenvalue weighted by Gasteiger charge is -2.22. The standard InChI is InChI=1S/C21H18NO2/c1-11-7-14-9-12(2)13(3)18-19(14)16(8-11)24-21-15-5-6-23-17(15)10-22(4)20(18)21/h5-10H,1-4H3/q+1. The first-order chi connectivity index (χ1) is 11.5. The first kappa shape index (κ1) is 13.6. The maximum absolute atomic E-state index is 6.40. The van der Waals surface area contributed by atoms with E-state index >= 15 is 0 Å². The summed E-state index contributed by atoms with van der Waals surface area (Å²) in [5, 5.41) is 3.46. The Hall–Kier alpha value is -2.81. The van der Waals surface area contributed by atoms with Crippen LogP contribution in [0.15, 0.2) is 41.1 Å². The highest BCUT2D eigenvalue weighted by Gasteiger charge is 2.32. The third kappa shape index (κ3) is 1.59. The summed E-state index contributed by atoms with van der Waals surface area (Å²) in [5.41, 5.74) is 7.04. The molecular weight excluding hydrogens is 298 g/mol. The van der Waals surface area contributed by atoms with Gasteiger partial charge in [0.25, 0.3) is 5.69 Å². The van der Waals surface area contributed by atoms with Crippen LogP contribution in [0.5, 0.6) is 11.5 Å². The van der Waals surface area contributed by atoms with Crippen molar-refractivity contribution in [3.05, 3.63) is 53.4 Å². The van der Waals surface area contributed by atoms with Gasteiger partial charge >= 0.3 is 0 Å². The van der Waals surface area contributed by atoms with Gasteiger partial charge < -0.3 is 9.15 Å². The van der Waals surface area contributed by atoms with E-state index < -0.39 is 0 Å². The molecule has 118 valence electrons. The van der Waals surface area contributed by atoms with Crippen LogP contribution in [0, 0.1) is 20.8 Å². The molecule has 0 amide bonds. The zero-order valence-corrected chi connectivity index (χ0v) is 14.2. The summed E-state index contributed by atoms with van der Waals surface area (Å²) in [7, 11) is 2.05. The second kappa shape index (κ2) is 4.38. The summed E-state index contributed by atoms with van der Waals surface area (Å²) in [5.74, 6) is 1.82. The molecule has 0 spiro atoms. The molecule has 0 radical (unpaired) electrons. The van der Waals surface area contributed by atoms with Gasteiger partial charge in [-0.05, 0) is 55.0 Å². The lowest BCUT2D eigenvalue weighted by atomic mass is 9.89. The van der Waals surface area contributed by atoms with E-state index in [2.05, 4.69) is 50.6 Å². The van der Waals surface area contributed by atoms with Gasteiger partial charge in [-0.1, -0.05) is 12.1 Å². The average molecular weight is 316 g/mol. The van der Waals surface area contributed by atoms with Gasteiger partial charge in [0.05, 0.1) is 17.2 Å². The maximum Gasteiger partial charge on any atom is 0.257 e. The second-order valence-electron chi connectivity index (χ2n) is 6.77. The van der Waals surface area contributed by atoms with Gasteiger partial charge in [0, 0.05) is 5.39 Å². The van der Waals surface area contributed by atoms with Crippen molar-refractivity contribution in [1.82, 2.24) is 0 Å². The summed E-state index contributed by atoms with van der Waals surface area (Å²) in [6.45, 7) is 6.49. The van der Waals surface area contributed by atoms with Crippen LogP contribution >= 0.6 is 0 Å². The Morgan fingerprint density at radius 3 is 2.71 bits per heavy atom. The van der Waals surface area contributed by atoms with Crippen LogP contribution in [0.4, 0.5) is 0 Å². The number of rotatable bonds is 0. The van der Waals surface area contributed by atoms with Crippen molar-refractivity contribution in [3.63, 3.8) is 0 Å². The van der Waals surface area contributed by atoms with Gasteiger partial charge in [0.2, 0.25) is 17.5 Å². The molecule has 1 aliphatic rings. The molecule has 2 aromatic carbocycles. The van der Waals surface area contributed by atoms with E-state index in [0.29, 0.717) is 0 Å². The van der Waals surface area contributed by atoms with Crippen LogP contribution in [-0.2, 0) is 7.05 Å². The molecule has 3 heterocycles. The smallest absolute Gasteiger partial charge is 0.257 e. The van der Waals surface area contributed by atoms with Crippen LogP contribution in [0.1, 0.15) is 16.7 Å². The highest BCUT2D eigenvalue weighted by Crippen LogP contribution is 2.49. The molecule has 0 unspecified atom stereocenters. The number of fused-ring (bicyclic) bond motifs is 4. The molecule has 1 aliphatic heterocycles. The minimum Gasteiger partial charge on any atom is -0.458 e. The van der Waals surface area contributed by atoms with Gasteiger partial charge in [-0.2, -0.15) is 4.57 Å². The largest absolute Gasteiger partial charge is 0.458 e. The summed E-state index contributed by atoms with van der Waals surface area (Å²) in [6, 6.07) is 8.61. The van der Waals surface area contributed by atoms with Crippen LogP contribution in [-0.4, -0.2) is 0 Å². The van der Waals surface area contributed by atoms with Crippen molar-refractivity contribution in [3.8, 4) is 22.8 Å². The van der Waals surface area contributed by atoms with Crippen LogP contribution in [0.25, 0.3) is 33.0 Å². The molecule has 5 rings (SSSR count). The van der Waals surface area contributed by atoms with Gasteiger partial charge in [-0.15, -0.1) is 0 Å². The zero-order chi connectivity index (χ0) is 16.6. The molecule has 0 saturated heterocycles. The van der Waals surface area contributed by atoms with E-state index in [4.69, 9.17) is 9.15 Å². The summed E-state index contributed by atoms with van der Waals surface area (Å²) < 4.78 is 14.1. The van der Waals surface area contributed by atoms with Crippen LogP contribution < -0.4 is 9.30 Å². The minimum atomic E-state index is 0.842. The highest BCUT2D eigenvalue weighted by molar-refractivity contribution is 6.07. The number of hydrogen-bond acceptors (Lipinski definition) is 2. The lowest BCUT2D eigenvalue weighted by molar-refractivity contribution is -0.659. The average Bonchev–Trinajstić information content (AvgIpc) is 2.99. The molecule has 2 aromatic heterocycles.